The first-order valence-corrected chi connectivity index (χ1v) is 7.22. The van der Waals surface area contributed by atoms with E-state index in [4.69, 9.17) is 5.73 Å². The highest BCUT2D eigenvalue weighted by atomic mass is 16.1. The monoisotopic (exact) mass is 319 g/mol. The van der Waals surface area contributed by atoms with E-state index in [9.17, 15) is 4.79 Å². The number of hydrogen-bond donors (Lipinski definition) is 3. The van der Waals surface area contributed by atoms with Gasteiger partial charge in [-0.15, -0.1) is 0 Å². The minimum Gasteiger partial charge on any atom is -0.384 e. The lowest BCUT2D eigenvalue weighted by molar-refractivity contribution is 0.102. The number of nitrogens with one attached hydrogen (secondary N) is 2. The number of nitrogens with two attached hydrogens (primary N) is 1. The summed E-state index contributed by atoms with van der Waals surface area (Å²) in [5, 5.41) is 13.8. The van der Waals surface area contributed by atoms with Crippen LogP contribution in [0.2, 0.25) is 0 Å². The number of carbonyl (C=O) groups excluding carboxylic acids is 1. The van der Waals surface area contributed by atoms with Gasteiger partial charge in [-0.2, -0.15) is 10.2 Å². The molecule has 0 bridgehead atoms. The number of aromatic amines is 1. The summed E-state index contributed by atoms with van der Waals surface area (Å²) in [6.45, 7) is 0. The summed E-state index contributed by atoms with van der Waals surface area (Å²) in [7, 11) is 0. The first-order valence-electron chi connectivity index (χ1n) is 7.22. The average molecular weight is 319 g/mol. The van der Waals surface area contributed by atoms with Gasteiger partial charge in [0.25, 0.3) is 5.91 Å². The molecule has 0 saturated heterocycles. The molecule has 8 heteroatoms. The first-order chi connectivity index (χ1) is 11.7. The van der Waals surface area contributed by atoms with Gasteiger partial charge in [-0.25, -0.2) is 9.50 Å². The van der Waals surface area contributed by atoms with Crippen molar-refractivity contribution >= 4 is 23.1 Å². The maximum absolute atomic E-state index is 12.4. The minimum absolute atomic E-state index is 0.252. The van der Waals surface area contributed by atoms with E-state index < -0.39 is 0 Å². The van der Waals surface area contributed by atoms with Crippen molar-refractivity contribution in [3.8, 4) is 11.3 Å². The van der Waals surface area contributed by atoms with Crippen molar-refractivity contribution in [1.82, 2.24) is 24.8 Å². The van der Waals surface area contributed by atoms with E-state index >= 15 is 0 Å². The number of benzene rings is 1. The third-order valence-electron chi connectivity index (χ3n) is 3.51. The molecule has 1 aromatic carbocycles. The molecule has 4 rings (SSSR count). The molecule has 0 spiro atoms. The smallest absolute Gasteiger partial charge is 0.276 e. The van der Waals surface area contributed by atoms with Gasteiger partial charge in [0.15, 0.2) is 11.3 Å². The van der Waals surface area contributed by atoms with E-state index in [2.05, 4.69) is 25.6 Å². The molecule has 3 heterocycles. The van der Waals surface area contributed by atoms with Crippen molar-refractivity contribution in [2.45, 2.75) is 0 Å². The molecule has 0 aliphatic carbocycles. The van der Waals surface area contributed by atoms with E-state index in [1.54, 1.807) is 41.2 Å². The summed E-state index contributed by atoms with van der Waals surface area (Å²) >= 11 is 0. The number of H-pyrrole nitrogens is 1. The van der Waals surface area contributed by atoms with Gasteiger partial charge in [0.2, 0.25) is 0 Å². The SMILES string of the molecule is Nc1cc(-c2cn[nH]c2)n2nc(C(=O)Nc3ccccc3)cc2n1. The van der Waals surface area contributed by atoms with E-state index in [0.717, 1.165) is 5.56 Å². The summed E-state index contributed by atoms with van der Waals surface area (Å²) < 4.78 is 1.57. The number of nitrogens with zero attached hydrogens (tertiary/aromatic N) is 4. The highest BCUT2D eigenvalue weighted by Crippen LogP contribution is 2.21. The Kier molecular flexibility index (Phi) is 3.20. The summed E-state index contributed by atoms with van der Waals surface area (Å²) in [4.78, 5) is 16.6. The summed E-state index contributed by atoms with van der Waals surface area (Å²) in [6.07, 6.45) is 3.37. The van der Waals surface area contributed by atoms with Crippen LogP contribution in [-0.4, -0.2) is 30.7 Å². The maximum Gasteiger partial charge on any atom is 0.276 e. The van der Waals surface area contributed by atoms with Crippen molar-refractivity contribution in [1.29, 1.82) is 0 Å². The Morgan fingerprint density at radius 2 is 2.04 bits per heavy atom. The number of para-hydroxylation sites is 1. The van der Waals surface area contributed by atoms with Crippen molar-refractivity contribution < 1.29 is 4.79 Å². The zero-order valence-electron chi connectivity index (χ0n) is 12.5. The molecule has 0 aliphatic rings. The normalized spacial score (nSPS) is 10.8. The molecule has 0 saturated carbocycles. The molecule has 3 aromatic heterocycles. The van der Waals surface area contributed by atoms with Crippen LogP contribution in [0.25, 0.3) is 16.9 Å². The Balaban J connectivity index is 1.76. The molecule has 1 amide bonds. The molecule has 4 aromatic rings. The van der Waals surface area contributed by atoms with E-state index in [1.165, 1.54) is 0 Å². The van der Waals surface area contributed by atoms with Gasteiger partial charge >= 0.3 is 0 Å². The van der Waals surface area contributed by atoms with Crippen LogP contribution in [0, 0.1) is 0 Å². The maximum atomic E-state index is 12.4. The minimum atomic E-state index is -0.316. The van der Waals surface area contributed by atoms with Gasteiger partial charge in [-0.1, -0.05) is 18.2 Å². The highest BCUT2D eigenvalue weighted by Gasteiger charge is 2.15. The van der Waals surface area contributed by atoms with Gasteiger partial charge in [0.1, 0.15) is 5.82 Å². The van der Waals surface area contributed by atoms with Crippen LogP contribution in [0.4, 0.5) is 11.5 Å². The predicted molar refractivity (Wildman–Crippen MR) is 89.4 cm³/mol. The molecule has 118 valence electrons. The summed E-state index contributed by atoms with van der Waals surface area (Å²) in [5.74, 6) is 0.0250. The van der Waals surface area contributed by atoms with Gasteiger partial charge < -0.3 is 11.1 Å². The second-order valence-electron chi connectivity index (χ2n) is 5.17. The van der Waals surface area contributed by atoms with Crippen molar-refractivity contribution in [2.75, 3.05) is 11.1 Å². The molecule has 0 radical (unpaired) electrons. The Morgan fingerprint density at radius 3 is 2.79 bits per heavy atom. The number of fused-ring (bicyclic) bond motifs is 1. The third-order valence-corrected chi connectivity index (χ3v) is 3.51. The van der Waals surface area contributed by atoms with Gasteiger partial charge in [-0.05, 0) is 12.1 Å². The number of aromatic nitrogens is 5. The van der Waals surface area contributed by atoms with E-state index in [-0.39, 0.29) is 11.6 Å². The second kappa shape index (κ2) is 5.51. The number of nitrogen functional groups attached to an aromatic ring is 1. The van der Waals surface area contributed by atoms with E-state index in [0.29, 0.717) is 22.8 Å². The zero-order valence-corrected chi connectivity index (χ0v) is 12.5. The van der Waals surface area contributed by atoms with Crippen LogP contribution < -0.4 is 11.1 Å². The van der Waals surface area contributed by atoms with Gasteiger partial charge in [-0.3, -0.25) is 9.89 Å². The fraction of sp³-hybridized carbons (Fsp3) is 0. The largest absolute Gasteiger partial charge is 0.384 e. The van der Waals surface area contributed by atoms with Crippen molar-refractivity contribution in [2.24, 2.45) is 0 Å². The van der Waals surface area contributed by atoms with Crippen LogP contribution in [-0.2, 0) is 0 Å². The number of amides is 1. The lowest BCUT2D eigenvalue weighted by Gasteiger charge is -2.03. The van der Waals surface area contributed by atoms with Gasteiger partial charge in [0.05, 0.1) is 11.9 Å². The Hall–Kier alpha value is -3.68. The van der Waals surface area contributed by atoms with Crippen LogP contribution in [0.15, 0.2) is 54.9 Å². The van der Waals surface area contributed by atoms with Crippen LogP contribution in [0.1, 0.15) is 10.5 Å². The van der Waals surface area contributed by atoms with E-state index in [1.807, 2.05) is 18.2 Å². The highest BCUT2D eigenvalue weighted by molar-refractivity contribution is 6.03. The molecule has 4 N–H and O–H groups in total. The number of anilines is 2. The Morgan fingerprint density at radius 1 is 1.21 bits per heavy atom. The summed E-state index contributed by atoms with van der Waals surface area (Å²) in [6, 6.07) is 12.5. The molecule has 0 aliphatic heterocycles. The summed E-state index contributed by atoms with van der Waals surface area (Å²) in [5.41, 5.74) is 8.79. The zero-order chi connectivity index (χ0) is 16.5. The Labute approximate surface area is 136 Å². The molecular formula is C16H13N7O. The van der Waals surface area contributed by atoms with Crippen molar-refractivity contribution in [3.63, 3.8) is 0 Å². The molecule has 24 heavy (non-hydrogen) atoms. The number of hydrogen-bond acceptors (Lipinski definition) is 5. The van der Waals surface area contributed by atoms with Gasteiger partial charge in [0, 0.05) is 29.6 Å². The first kappa shape index (κ1) is 13.9. The Bertz CT molecular complexity index is 1010. The standard InChI is InChI=1S/C16H13N7O/c17-14-7-13(10-8-18-19-9-10)23-15(21-14)6-12(22-23)16(24)20-11-4-2-1-3-5-11/h1-9H,(H2,17,21)(H,18,19)(H,20,24). The quantitative estimate of drug-likeness (QED) is 0.534. The topological polar surface area (TPSA) is 114 Å². The lowest BCUT2D eigenvalue weighted by Crippen LogP contribution is -2.12. The second-order valence-corrected chi connectivity index (χ2v) is 5.17. The fourth-order valence-corrected chi connectivity index (χ4v) is 2.42. The molecular weight excluding hydrogens is 306 g/mol. The predicted octanol–water partition coefficient (Wildman–Crippen LogP) is 1.95. The van der Waals surface area contributed by atoms with Crippen LogP contribution in [0.3, 0.4) is 0 Å². The molecule has 0 unspecified atom stereocenters. The number of rotatable bonds is 3. The molecule has 0 atom stereocenters. The molecule has 8 nitrogen and oxygen atoms in total. The third kappa shape index (κ3) is 2.45. The van der Waals surface area contributed by atoms with Crippen LogP contribution in [0.5, 0.6) is 0 Å². The van der Waals surface area contributed by atoms with Crippen LogP contribution >= 0.6 is 0 Å². The molecule has 0 fully saturated rings. The lowest BCUT2D eigenvalue weighted by atomic mass is 10.2. The average Bonchev–Trinajstić information content (AvgIpc) is 3.24. The fourth-order valence-electron chi connectivity index (χ4n) is 2.42. The van der Waals surface area contributed by atoms with Crippen molar-refractivity contribution in [3.05, 3.63) is 60.6 Å². The number of carbonyl (C=O) groups is 1.